The maximum Gasteiger partial charge on any atom is 0.301 e. The molecule has 8 heteroatoms. The number of hydrogen-bond donors (Lipinski definition) is 1. The molecule has 0 aliphatic carbocycles. The van der Waals surface area contributed by atoms with E-state index in [1.54, 1.807) is 0 Å². The standard InChI is InChI=1S/C15H14N4O4/c1-2-13(11-6-4-3-5-7-11)16-17-14-9-8-12(18(20)21)10-15(14)19(22)23/h3-10,17H,2H2,1H3. The molecule has 23 heavy (non-hydrogen) atoms. The van der Waals surface area contributed by atoms with Gasteiger partial charge in [-0.3, -0.25) is 25.7 Å². The van der Waals surface area contributed by atoms with E-state index in [2.05, 4.69) is 10.5 Å². The summed E-state index contributed by atoms with van der Waals surface area (Å²) in [6.07, 6.45) is 0.623. The summed E-state index contributed by atoms with van der Waals surface area (Å²) in [5.74, 6) is 0. The molecule has 0 aliphatic heterocycles. The summed E-state index contributed by atoms with van der Waals surface area (Å²) in [4.78, 5) is 20.4. The van der Waals surface area contributed by atoms with Crippen LogP contribution in [0.25, 0.3) is 0 Å². The summed E-state index contributed by atoms with van der Waals surface area (Å²) in [5.41, 5.74) is 3.61. The van der Waals surface area contributed by atoms with Crippen molar-refractivity contribution in [2.24, 2.45) is 5.10 Å². The van der Waals surface area contributed by atoms with E-state index in [9.17, 15) is 20.2 Å². The van der Waals surface area contributed by atoms with Crippen LogP contribution < -0.4 is 5.43 Å². The smallest absolute Gasteiger partial charge is 0.271 e. The third kappa shape index (κ3) is 3.88. The van der Waals surface area contributed by atoms with Crippen LogP contribution in [0.4, 0.5) is 17.1 Å². The lowest BCUT2D eigenvalue weighted by Gasteiger charge is -2.06. The fourth-order valence-corrected chi connectivity index (χ4v) is 1.99. The minimum Gasteiger partial charge on any atom is -0.271 e. The lowest BCUT2D eigenvalue weighted by molar-refractivity contribution is -0.393. The van der Waals surface area contributed by atoms with Gasteiger partial charge in [0, 0.05) is 6.07 Å². The van der Waals surface area contributed by atoms with E-state index in [0.29, 0.717) is 6.42 Å². The van der Waals surface area contributed by atoms with Gasteiger partial charge < -0.3 is 0 Å². The quantitative estimate of drug-likeness (QED) is 0.496. The van der Waals surface area contributed by atoms with Crippen LogP contribution in [0.2, 0.25) is 0 Å². The van der Waals surface area contributed by atoms with Gasteiger partial charge >= 0.3 is 5.69 Å². The molecule has 0 saturated heterocycles. The number of nitrogens with one attached hydrogen (secondary N) is 1. The minimum atomic E-state index is -0.682. The number of benzene rings is 2. The van der Waals surface area contributed by atoms with E-state index in [1.165, 1.54) is 12.1 Å². The highest BCUT2D eigenvalue weighted by atomic mass is 16.6. The van der Waals surface area contributed by atoms with Crippen molar-refractivity contribution in [2.45, 2.75) is 13.3 Å². The Balaban J connectivity index is 2.33. The number of anilines is 1. The summed E-state index contributed by atoms with van der Waals surface area (Å²) in [5, 5.41) is 26.0. The highest BCUT2D eigenvalue weighted by Crippen LogP contribution is 2.29. The molecule has 0 aliphatic rings. The zero-order chi connectivity index (χ0) is 16.8. The molecule has 0 saturated carbocycles. The van der Waals surface area contributed by atoms with Crippen LogP contribution in [-0.4, -0.2) is 15.6 Å². The van der Waals surface area contributed by atoms with E-state index < -0.39 is 15.5 Å². The van der Waals surface area contributed by atoms with E-state index in [0.717, 1.165) is 17.3 Å². The van der Waals surface area contributed by atoms with Crippen molar-refractivity contribution in [1.29, 1.82) is 0 Å². The molecule has 0 aromatic heterocycles. The second kappa shape index (κ2) is 7.12. The fourth-order valence-electron chi connectivity index (χ4n) is 1.99. The Labute approximate surface area is 131 Å². The van der Waals surface area contributed by atoms with Crippen molar-refractivity contribution in [3.05, 3.63) is 74.3 Å². The fraction of sp³-hybridized carbons (Fsp3) is 0.133. The first kappa shape index (κ1) is 16.1. The number of hydrogen-bond acceptors (Lipinski definition) is 6. The lowest BCUT2D eigenvalue weighted by atomic mass is 10.1. The van der Waals surface area contributed by atoms with Crippen molar-refractivity contribution in [3.63, 3.8) is 0 Å². The van der Waals surface area contributed by atoms with Gasteiger partial charge in [-0.2, -0.15) is 5.10 Å². The van der Waals surface area contributed by atoms with Gasteiger partial charge in [0.05, 0.1) is 21.6 Å². The first-order valence-corrected chi connectivity index (χ1v) is 6.83. The largest absolute Gasteiger partial charge is 0.301 e. The maximum absolute atomic E-state index is 11.1. The molecular formula is C15H14N4O4. The van der Waals surface area contributed by atoms with Gasteiger partial charge in [-0.05, 0) is 18.1 Å². The van der Waals surface area contributed by atoms with E-state index in [4.69, 9.17) is 0 Å². The molecule has 2 rings (SSSR count). The van der Waals surface area contributed by atoms with E-state index >= 15 is 0 Å². The van der Waals surface area contributed by atoms with Gasteiger partial charge in [-0.25, -0.2) is 0 Å². The number of nitrogens with zero attached hydrogens (tertiary/aromatic N) is 3. The molecule has 0 heterocycles. The molecule has 0 unspecified atom stereocenters. The van der Waals surface area contributed by atoms with E-state index in [1.807, 2.05) is 37.3 Å². The number of rotatable bonds is 6. The van der Waals surface area contributed by atoms with Crippen LogP contribution in [0, 0.1) is 20.2 Å². The zero-order valence-electron chi connectivity index (χ0n) is 12.3. The summed E-state index contributed by atoms with van der Waals surface area (Å²) < 4.78 is 0. The third-order valence-corrected chi connectivity index (χ3v) is 3.14. The molecular weight excluding hydrogens is 300 g/mol. The van der Waals surface area contributed by atoms with Crippen molar-refractivity contribution in [2.75, 3.05) is 5.43 Å². The summed E-state index contributed by atoms with van der Waals surface area (Å²) >= 11 is 0. The average Bonchev–Trinajstić information content (AvgIpc) is 2.56. The van der Waals surface area contributed by atoms with Gasteiger partial charge in [-0.1, -0.05) is 37.3 Å². The lowest BCUT2D eigenvalue weighted by Crippen LogP contribution is -2.04. The molecule has 2 aromatic rings. The second-order valence-corrected chi connectivity index (χ2v) is 4.61. The molecule has 0 spiro atoms. The average molecular weight is 314 g/mol. The molecule has 0 bridgehead atoms. The minimum absolute atomic E-state index is 0.0995. The molecule has 1 N–H and O–H groups in total. The second-order valence-electron chi connectivity index (χ2n) is 4.61. The van der Waals surface area contributed by atoms with Crippen molar-refractivity contribution >= 4 is 22.8 Å². The summed E-state index contributed by atoms with van der Waals surface area (Å²) in [6, 6.07) is 12.8. The van der Waals surface area contributed by atoms with Crippen LogP contribution in [0.5, 0.6) is 0 Å². The maximum atomic E-state index is 11.1. The van der Waals surface area contributed by atoms with Gasteiger partial charge in [0.25, 0.3) is 5.69 Å². The Morgan fingerprint density at radius 3 is 2.35 bits per heavy atom. The molecule has 118 valence electrons. The first-order chi connectivity index (χ1) is 11.0. The predicted molar refractivity (Wildman–Crippen MR) is 86.6 cm³/mol. The van der Waals surface area contributed by atoms with Crippen LogP contribution in [-0.2, 0) is 0 Å². The monoisotopic (exact) mass is 314 g/mol. The van der Waals surface area contributed by atoms with Gasteiger partial charge in [0.2, 0.25) is 0 Å². The molecule has 0 amide bonds. The van der Waals surface area contributed by atoms with Gasteiger partial charge in [0.15, 0.2) is 0 Å². The van der Waals surface area contributed by atoms with E-state index in [-0.39, 0.29) is 11.4 Å². The SMILES string of the molecule is CCC(=NNc1ccc([N+](=O)[O-])cc1[N+](=O)[O-])c1ccccc1. The number of non-ortho nitro benzene ring substituents is 1. The first-order valence-electron chi connectivity index (χ1n) is 6.83. The van der Waals surface area contributed by atoms with Crippen LogP contribution in [0.3, 0.4) is 0 Å². The van der Waals surface area contributed by atoms with Crippen LogP contribution in [0.15, 0.2) is 53.6 Å². The van der Waals surface area contributed by atoms with Crippen molar-refractivity contribution < 1.29 is 9.85 Å². The molecule has 0 atom stereocenters. The Bertz CT molecular complexity index is 759. The van der Waals surface area contributed by atoms with Crippen LogP contribution in [0.1, 0.15) is 18.9 Å². The highest BCUT2D eigenvalue weighted by molar-refractivity contribution is 6.00. The van der Waals surface area contributed by atoms with Gasteiger partial charge in [0.1, 0.15) is 5.69 Å². The Kier molecular flexibility index (Phi) is 4.98. The van der Waals surface area contributed by atoms with Crippen molar-refractivity contribution in [1.82, 2.24) is 0 Å². The third-order valence-electron chi connectivity index (χ3n) is 3.14. The molecule has 0 fully saturated rings. The molecule has 0 radical (unpaired) electrons. The molecule has 8 nitrogen and oxygen atoms in total. The Hall–Kier alpha value is -3.29. The number of nitro groups is 2. The molecule has 2 aromatic carbocycles. The van der Waals surface area contributed by atoms with Gasteiger partial charge in [-0.15, -0.1) is 0 Å². The normalized spacial score (nSPS) is 11.1. The predicted octanol–water partition coefficient (Wildman–Crippen LogP) is 3.73. The van der Waals surface area contributed by atoms with Crippen molar-refractivity contribution in [3.8, 4) is 0 Å². The topological polar surface area (TPSA) is 111 Å². The Morgan fingerprint density at radius 1 is 1.09 bits per heavy atom. The summed E-state index contributed by atoms with van der Waals surface area (Å²) in [7, 11) is 0. The summed E-state index contributed by atoms with van der Waals surface area (Å²) in [6.45, 7) is 1.91. The number of hydrazone groups is 1. The van der Waals surface area contributed by atoms with Crippen LogP contribution >= 0.6 is 0 Å². The Morgan fingerprint density at radius 2 is 1.78 bits per heavy atom. The highest BCUT2D eigenvalue weighted by Gasteiger charge is 2.19. The number of nitro benzene ring substituents is 2. The zero-order valence-corrected chi connectivity index (χ0v) is 12.3.